The second kappa shape index (κ2) is 6.06. The van der Waals surface area contributed by atoms with Gasteiger partial charge in [0.15, 0.2) is 0 Å². The van der Waals surface area contributed by atoms with Gasteiger partial charge in [-0.3, -0.25) is 0 Å². The van der Waals surface area contributed by atoms with E-state index in [1.165, 1.54) is 11.6 Å². The average Bonchev–Trinajstić information content (AvgIpc) is 2.46. The van der Waals surface area contributed by atoms with E-state index < -0.39 is 0 Å². The van der Waals surface area contributed by atoms with E-state index >= 15 is 0 Å². The number of aryl methyl sites for hydroxylation is 1. The minimum atomic E-state index is -0.205. The van der Waals surface area contributed by atoms with Crippen molar-refractivity contribution in [3.63, 3.8) is 0 Å². The van der Waals surface area contributed by atoms with E-state index in [-0.39, 0.29) is 11.9 Å². The summed E-state index contributed by atoms with van der Waals surface area (Å²) in [4.78, 5) is 2.11. The molecule has 0 heterocycles. The molecule has 1 N–H and O–H groups in total. The third-order valence-electron chi connectivity index (χ3n) is 3.73. The summed E-state index contributed by atoms with van der Waals surface area (Å²) in [5.74, 6) is -0.205. The molecule has 2 aromatic carbocycles. The van der Waals surface area contributed by atoms with Crippen molar-refractivity contribution < 1.29 is 4.39 Å². The molecule has 0 saturated carbocycles. The molecule has 1 atom stereocenters. The zero-order chi connectivity index (χ0) is 14.7. The van der Waals surface area contributed by atoms with Gasteiger partial charge in [-0.15, -0.1) is 0 Å². The van der Waals surface area contributed by atoms with E-state index in [1.807, 2.05) is 39.2 Å². The normalized spacial score (nSPS) is 12.2. The first-order chi connectivity index (χ1) is 9.54. The molecule has 0 fully saturated rings. The Hall–Kier alpha value is -1.87. The Kier molecular flexibility index (Phi) is 4.40. The van der Waals surface area contributed by atoms with E-state index in [2.05, 4.69) is 29.3 Å². The maximum atomic E-state index is 13.5. The van der Waals surface area contributed by atoms with Crippen LogP contribution in [0.4, 0.5) is 15.8 Å². The van der Waals surface area contributed by atoms with Gasteiger partial charge in [-0.1, -0.05) is 18.2 Å². The zero-order valence-electron chi connectivity index (χ0n) is 12.4. The second-order valence-electron chi connectivity index (χ2n) is 5.06. The summed E-state index contributed by atoms with van der Waals surface area (Å²) in [7, 11) is 3.90. The number of nitrogens with one attached hydrogen (secondary N) is 1. The van der Waals surface area contributed by atoms with Gasteiger partial charge in [-0.25, -0.2) is 4.39 Å². The molecule has 2 rings (SSSR count). The molecule has 2 aromatic rings. The fourth-order valence-corrected chi connectivity index (χ4v) is 2.40. The van der Waals surface area contributed by atoms with Crippen molar-refractivity contribution in [1.29, 1.82) is 0 Å². The van der Waals surface area contributed by atoms with Crippen molar-refractivity contribution in [2.24, 2.45) is 0 Å². The van der Waals surface area contributed by atoms with Gasteiger partial charge in [-0.05, 0) is 56.3 Å². The fraction of sp³-hybridized carbons (Fsp3) is 0.294. The molecule has 1 unspecified atom stereocenters. The van der Waals surface area contributed by atoms with Crippen LogP contribution in [0, 0.1) is 12.7 Å². The van der Waals surface area contributed by atoms with Crippen molar-refractivity contribution in [3.8, 4) is 0 Å². The van der Waals surface area contributed by atoms with Crippen LogP contribution in [0.15, 0.2) is 42.5 Å². The topological polar surface area (TPSA) is 15.3 Å². The van der Waals surface area contributed by atoms with Crippen LogP contribution in [-0.4, -0.2) is 14.1 Å². The highest BCUT2D eigenvalue weighted by Gasteiger charge is 2.15. The first-order valence-corrected chi connectivity index (χ1v) is 6.80. The lowest BCUT2D eigenvalue weighted by Crippen LogP contribution is -2.19. The van der Waals surface area contributed by atoms with Crippen molar-refractivity contribution in [2.45, 2.75) is 19.9 Å². The lowest BCUT2D eigenvalue weighted by atomic mass is 10.0. The predicted octanol–water partition coefficient (Wildman–Crippen LogP) is 4.18. The van der Waals surface area contributed by atoms with Crippen LogP contribution in [0.3, 0.4) is 0 Å². The third-order valence-corrected chi connectivity index (χ3v) is 3.73. The number of hydrogen-bond acceptors (Lipinski definition) is 2. The zero-order valence-corrected chi connectivity index (χ0v) is 12.4. The van der Waals surface area contributed by atoms with Gasteiger partial charge in [0.25, 0.3) is 0 Å². The van der Waals surface area contributed by atoms with Gasteiger partial charge in [0.1, 0.15) is 5.82 Å². The highest BCUT2D eigenvalue weighted by Crippen LogP contribution is 2.32. The molecule has 3 heteroatoms. The molecule has 0 aliphatic heterocycles. The first kappa shape index (κ1) is 14.5. The average molecular weight is 272 g/mol. The summed E-state index contributed by atoms with van der Waals surface area (Å²) in [5.41, 5.74) is 4.30. The number of hydrogen-bond donors (Lipinski definition) is 1. The van der Waals surface area contributed by atoms with Gasteiger partial charge >= 0.3 is 0 Å². The molecule has 0 aliphatic carbocycles. The van der Waals surface area contributed by atoms with E-state index in [9.17, 15) is 4.39 Å². The Morgan fingerprint density at radius 3 is 2.45 bits per heavy atom. The molecule has 106 valence electrons. The van der Waals surface area contributed by atoms with Gasteiger partial charge in [-0.2, -0.15) is 0 Å². The van der Waals surface area contributed by atoms with Crippen molar-refractivity contribution in [3.05, 3.63) is 59.4 Å². The maximum Gasteiger partial charge on any atom is 0.123 e. The Labute approximate surface area is 120 Å². The van der Waals surface area contributed by atoms with Crippen LogP contribution in [0.25, 0.3) is 0 Å². The standard InChI is InChI=1S/C17H21FN2/c1-12-7-5-6-8-16(12)20(4)17-10-9-14(18)11-15(17)13(2)19-3/h5-11,13,19H,1-4H3. The first-order valence-electron chi connectivity index (χ1n) is 6.80. The minimum absolute atomic E-state index is 0.0900. The number of rotatable bonds is 4. The van der Waals surface area contributed by atoms with Gasteiger partial charge in [0, 0.05) is 24.5 Å². The van der Waals surface area contributed by atoms with E-state index in [0.29, 0.717) is 0 Å². The Bertz CT molecular complexity index is 595. The van der Waals surface area contributed by atoms with Crippen molar-refractivity contribution >= 4 is 11.4 Å². The van der Waals surface area contributed by atoms with Gasteiger partial charge < -0.3 is 10.2 Å². The smallest absolute Gasteiger partial charge is 0.123 e. The van der Waals surface area contributed by atoms with Gasteiger partial charge in [0.05, 0.1) is 0 Å². The number of benzene rings is 2. The van der Waals surface area contributed by atoms with E-state index in [0.717, 1.165) is 16.9 Å². The predicted molar refractivity (Wildman–Crippen MR) is 83.1 cm³/mol. The quantitative estimate of drug-likeness (QED) is 0.898. The van der Waals surface area contributed by atoms with Crippen LogP contribution in [0.5, 0.6) is 0 Å². The molecule has 2 nitrogen and oxygen atoms in total. The second-order valence-corrected chi connectivity index (χ2v) is 5.06. The molecule has 0 aromatic heterocycles. The fourth-order valence-electron chi connectivity index (χ4n) is 2.40. The van der Waals surface area contributed by atoms with Crippen LogP contribution in [0.2, 0.25) is 0 Å². The lowest BCUT2D eigenvalue weighted by molar-refractivity contribution is 0.608. The molecule has 0 radical (unpaired) electrons. The summed E-state index contributed by atoms with van der Waals surface area (Å²) < 4.78 is 13.5. The molecular weight excluding hydrogens is 251 g/mol. The van der Waals surface area contributed by atoms with Crippen LogP contribution in [-0.2, 0) is 0 Å². The summed E-state index contributed by atoms with van der Waals surface area (Å²) in [6, 6.07) is 13.2. The summed E-state index contributed by atoms with van der Waals surface area (Å²) in [6.07, 6.45) is 0. The molecule has 0 saturated heterocycles. The SMILES string of the molecule is CNC(C)c1cc(F)ccc1N(C)c1ccccc1C. The molecule has 0 bridgehead atoms. The largest absolute Gasteiger partial charge is 0.344 e. The summed E-state index contributed by atoms with van der Waals surface area (Å²) in [5, 5.41) is 3.18. The lowest BCUT2D eigenvalue weighted by Gasteiger charge is -2.26. The third kappa shape index (κ3) is 2.83. The molecule has 0 aliphatic rings. The maximum absolute atomic E-state index is 13.5. The highest BCUT2D eigenvalue weighted by atomic mass is 19.1. The van der Waals surface area contributed by atoms with E-state index in [1.54, 1.807) is 6.07 Å². The Balaban J connectivity index is 2.49. The minimum Gasteiger partial charge on any atom is -0.344 e. The number of anilines is 2. The monoisotopic (exact) mass is 272 g/mol. The van der Waals surface area contributed by atoms with E-state index in [4.69, 9.17) is 0 Å². The molecular formula is C17H21FN2. The highest BCUT2D eigenvalue weighted by molar-refractivity contribution is 5.68. The molecule has 0 amide bonds. The Morgan fingerprint density at radius 2 is 1.80 bits per heavy atom. The van der Waals surface area contributed by atoms with Crippen molar-refractivity contribution in [1.82, 2.24) is 5.32 Å². The van der Waals surface area contributed by atoms with Crippen LogP contribution < -0.4 is 10.2 Å². The summed E-state index contributed by atoms with van der Waals surface area (Å²) >= 11 is 0. The number of halogens is 1. The van der Waals surface area contributed by atoms with Crippen LogP contribution >= 0.6 is 0 Å². The number of nitrogens with zero attached hydrogens (tertiary/aromatic N) is 1. The van der Waals surface area contributed by atoms with Crippen LogP contribution in [0.1, 0.15) is 24.1 Å². The molecule has 20 heavy (non-hydrogen) atoms. The molecule has 0 spiro atoms. The Morgan fingerprint density at radius 1 is 1.10 bits per heavy atom. The van der Waals surface area contributed by atoms with Crippen molar-refractivity contribution in [2.75, 3.05) is 19.0 Å². The number of para-hydroxylation sites is 1. The van der Waals surface area contributed by atoms with Gasteiger partial charge in [0.2, 0.25) is 0 Å². The summed E-state index contributed by atoms with van der Waals surface area (Å²) in [6.45, 7) is 4.11.